The molecule has 1 aliphatic carbocycles. The first kappa shape index (κ1) is 15.8. The van der Waals surface area contributed by atoms with Crippen LogP contribution in [-0.4, -0.2) is 18.4 Å². The van der Waals surface area contributed by atoms with E-state index in [9.17, 15) is 9.59 Å². The van der Waals surface area contributed by atoms with Gasteiger partial charge in [0.05, 0.1) is 24.9 Å². The first-order valence-electron chi connectivity index (χ1n) is 7.62. The van der Waals surface area contributed by atoms with E-state index < -0.39 is 5.91 Å². The van der Waals surface area contributed by atoms with Crippen LogP contribution in [0.25, 0.3) is 0 Å². The second-order valence-corrected chi connectivity index (χ2v) is 6.62. The molecule has 2 aromatic rings. The highest BCUT2D eigenvalue weighted by Crippen LogP contribution is 2.37. The maximum Gasteiger partial charge on any atom is 0.251 e. The van der Waals surface area contributed by atoms with Crippen LogP contribution in [0.2, 0.25) is 0 Å². The molecule has 0 aliphatic heterocycles. The summed E-state index contributed by atoms with van der Waals surface area (Å²) in [6.45, 7) is 0.617. The first-order valence-corrected chi connectivity index (χ1v) is 8.44. The number of fused-ring (bicyclic) bond motifs is 1. The molecule has 7 heteroatoms. The smallest absolute Gasteiger partial charge is 0.251 e. The van der Waals surface area contributed by atoms with Crippen molar-refractivity contribution in [3.05, 3.63) is 40.2 Å². The fourth-order valence-electron chi connectivity index (χ4n) is 2.80. The number of furan rings is 1. The average molecular weight is 333 g/mol. The number of carbonyl (C=O) groups excluding carboxylic acids is 2. The van der Waals surface area contributed by atoms with Crippen molar-refractivity contribution >= 4 is 28.2 Å². The van der Waals surface area contributed by atoms with Gasteiger partial charge in [0.2, 0.25) is 5.91 Å². The summed E-state index contributed by atoms with van der Waals surface area (Å²) in [4.78, 5) is 25.0. The summed E-state index contributed by atoms with van der Waals surface area (Å²) in [6.07, 6.45) is 5.57. The molecule has 2 aromatic heterocycles. The standard InChI is InChI=1S/C16H19N3O3S/c17-15(21)14-11-5-1-2-6-12(11)23-16(14)19-13(20)9-18-8-10-4-3-7-22-10/h3-4,7,18H,1-2,5-6,8-9H2,(H2,17,21)(H,19,20). The van der Waals surface area contributed by atoms with Gasteiger partial charge in [-0.15, -0.1) is 11.3 Å². The predicted octanol–water partition coefficient (Wildman–Crippen LogP) is 2.05. The Labute approximate surface area is 138 Å². The van der Waals surface area contributed by atoms with E-state index in [-0.39, 0.29) is 12.5 Å². The van der Waals surface area contributed by atoms with Crippen LogP contribution in [0.5, 0.6) is 0 Å². The number of hydrogen-bond donors (Lipinski definition) is 3. The second-order valence-electron chi connectivity index (χ2n) is 5.51. The Bertz CT molecular complexity index is 706. The van der Waals surface area contributed by atoms with Gasteiger partial charge in [0, 0.05) is 4.88 Å². The van der Waals surface area contributed by atoms with Crippen LogP contribution >= 0.6 is 11.3 Å². The van der Waals surface area contributed by atoms with Crippen molar-refractivity contribution < 1.29 is 14.0 Å². The highest BCUT2D eigenvalue weighted by Gasteiger charge is 2.24. The van der Waals surface area contributed by atoms with Crippen LogP contribution in [0.3, 0.4) is 0 Å². The van der Waals surface area contributed by atoms with Crippen LogP contribution in [0, 0.1) is 0 Å². The average Bonchev–Trinajstić information content (AvgIpc) is 3.13. The molecule has 0 bridgehead atoms. The molecule has 0 saturated heterocycles. The van der Waals surface area contributed by atoms with Crippen LogP contribution in [-0.2, 0) is 24.2 Å². The van der Waals surface area contributed by atoms with Crippen molar-refractivity contribution in [3.8, 4) is 0 Å². The van der Waals surface area contributed by atoms with E-state index in [2.05, 4.69) is 10.6 Å². The minimum Gasteiger partial charge on any atom is -0.468 e. The van der Waals surface area contributed by atoms with Crippen molar-refractivity contribution in [3.63, 3.8) is 0 Å². The van der Waals surface area contributed by atoms with Gasteiger partial charge in [-0.1, -0.05) is 0 Å². The number of aryl methyl sites for hydroxylation is 1. The molecule has 0 radical (unpaired) electrons. The summed E-state index contributed by atoms with van der Waals surface area (Å²) in [7, 11) is 0. The molecule has 23 heavy (non-hydrogen) atoms. The maximum absolute atomic E-state index is 12.1. The van der Waals surface area contributed by atoms with E-state index in [1.165, 1.54) is 16.2 Å². The van der Waals surface area contributed by atoms with Crippen molar-refractivity contribution in [2.24, 2.45) is 5.73 Å². The summed E-state index contributed by atoms with van der Waals surface area (Å²) < 4.78 is 5.19. The lowest BCUT2D eigenvalue weighted by Crippen LogP contribution is -2.28. The zero-order valence-corrected chi connectivity index (χ0v) is 13.5. The highest BCUT2D eigenvalue weighted by molar-refractivity contribution is 7.17. The third-order valence-corrected chi connectivity index (χ3v) is 5.04. The Morgan fingerprint density at radius 3 is 2.87 bits per heavy atom. The number of carbonyl (C=O) groups is 2. The molecule has 0 aromatic carbocycles. The molecule has 4 N–H and O–H groups in total. The Balaban J connectivity index is 1.63. The van der Waals surface area contributed by atoms with Crippen LogP contribution in [0.15, 0.2) is 22.8 Å². The van der Waals surface area contributed by atoms with Gasteiger partial charge in [-0.05, 0) is 43.4 Å². The molecule has 122 valence electrons. The van der Waals surface area contributed by atoms with E-state index in [1.54, 1.807) is 12.3 Å². The molecule has 0 unspecified atom stereocenters. The quantitative estimate of drug-likeness (QED) is 0.753. The zero-order valence-electron chi connectivity index (χ0n) is 12.7. The molecular formula is C16H19N3O3S. The minimum atomic E-state index is -0.469. The summed E-state index contributed by atoms with van der Waals surface area (Å²) in [5.41, 5.74) is 7.02. The van der Waals surface area contributed by atoms with E-state index in [1.807, 2.05) is 6.07 Å². The molecule has 6 nitrogen and oxygen atoms in total. The Morgan fingerprint density at radius 2 is 2.13 bits per heavy atom. The third-order valence-electron chi connectivity index (χ3n) is 3.84. The minimum absolute atomic E-state index is 0.140. The van der Waals surface area contributed by atoms with E-state index in [0.717, 1.165) is 37.0 Å². The lowest BCUT2D eigenvalue weighted by atomic mass is 9.95. The van der Waals surface area contributed by atoms with Crippen molar-refractivity contribution in [1.82, 2.24) is 5.32 Å². The fraction of sp³-hybridized carbons (Fsp3) is 0.375. The van der Waals surface area contributed by atoms with E-state index in [4.69, 9.17) is 10.2 Å². The number of primary amides is 1. The van der Waals surface area contributed by atoms with Gasteiger partial charge in [0.25, 0.3) is 5.91 Å². The molecule has 0 atom stereocenters. The monoisotopic (exact) mass is 333 g/mol. The van der Waals surface area contributed by atoms with Gasteiger partial charge in [0.1, 0.15) is 10.8 Å². The fourth-order valence-corrected chi connectivity index (χ4v) is 4.11. The Kier molecular flexibility index (Phi) is 4.78. The summed E-state index contributed by atoms with van der Waals surface area (Å²) in [5, 5.41) is 6.39. The van der Waals surface area contributed by atoms with Gasteiger partial charge in [-0.25, -0.2) is 0 Å². The topological polar surface area (TPSA) is 97.4 Å². The van der Waals surface area contributed by atoms with Crippen LogP contribution in [0.4, 0.5) is 5.00 Å². The number of anilines is 1. The SMILES string of the molecule is NC(=O)c1c(NC(=O)CNCc2ccco2)sc2c1CCCC2. The Hall–Kier alpha value is -2.12. The van der Waals surface area contributed by atoms with Crippen LogP contribution in [0.1, 0.15) is 39.4 Å². The summed E-state index contributed by atoms with van der Waals surface area (Å²) in [6, 6.07) is 3.63. The van der Waals surface area contributed by atoms with E-state index in [0.29, 0.717) is 17.1 Å². The predicted molar refractivity (Wildman–Crippen MR) is 88.5 cm³/mol. The number of hydrogen-bond acceptors (Lipinski definition) is 5. The largest absolute Gasteiger partial charge is 0.468 e. The highest BCUT2D eigenvalue weighted by atomic mass is 32.1. The molecule has 3 rings (SSSR count). The van der Waals surface area contributed by atoms with Crippen molar-refractivity contribution in [2.45, 2.75) is 32.2 Å². The van der Waals surface area contributed by atoms with Gasteiger partial charge in [-0.3, -0.25) is 9.59 Å². The number of nitrogens with two attached hydrogens (primary N) is 1. The summed E-state index contributed by atoms with van der Waals surface area (Å²) >= 11 is 1.47. The molecular weight excluding hydrogens is 314 g/mol. The maximum atomic E-state index is 12.1. The normalized spacial score (nSPS) is 13.6. The van der Waals surface area contributed by atoms with Gasteiger partial charge >= 0.3 is 0 Å². The molecule has 2 heterocycles. The van der Waals surface area contributed by atoms with Crippen molar-refractivity contribution in [2.75, 3.05) is 11.9 Å². The molecule has 2 amide bonds. The van der Waals surface area contributed by atoms with E-state index >= 15 is 0 Å². The first-order chi connectivity index (χ1) is 11.1. The number of amides is 2. The van der Waals surface area contributed by atoms with Gasteiger partial charge in [-0.2, -0.15) is 0 Å². The molecule has 0 fully saturated rings. The van der Waals surface area contributed by atoms with Crippen molar-refractivity contribution in [1.29, 1.82) is 0 Å². The third kappa shape index (κ3) is 3.62. The number of rotatable bonds is 6. The van der Waals surface area contributed by atoms with Gasteiger partial charge < -0.3 is 20.8 Å². The molecule has 1 aliphatic rings. The van der Waals surface area contributed by atoms with Gasteiger partial charge in [0.15, 0.2) is 0 Å². The van der Waals surface area contributed by atoms with Crippen LogP contribution < -0.4 is 16.4 Å². The lowest BCUT2D eigenvalue weighted by Gasteiger charge is -2.11. The molecule has 0 saturated carbocycles. The zero-order chi connectivity index (χ0) is 16.2. The summed E-state index contributed by atoms with van der Waals surface area (Å²) in [5.74, 6) is 0.100. The molecule has 0 spiro atoms. The number of thiophene rings is 1. The second kappa shape index (κ2) is 6.97. The number of nitrogens with one attached hydrogen (secondary N) is 2. The Morgan fingerprint density at radius 1 is 1.30 bits per heavy atom. The lowest BCUT2D eigenvalue weighted by molar-refractivity contribution is -0.115.